The quantitative estimate of drug-likeness (QED) is 0.540. The van der Waals surface area contributed by atoms with Gasteiger partial charge in [-0.2, -0.15) is 4.31 Å². The molecule has 0 aromatic heterocycles. The van der Waals surface area contributed by atoms with Crippen molar-refractivity contribution in [3.8, 4) is 11.1 Å². The molecule has 0 radical (unpaired) electrons. The Kier molecular flexibility index (Phi) is 7.77. The van der Waals surface area contributed by atoms with Gasteiger partial charge in [0.15, 0.2) is 0 Å². The highest BCUT2D eigenvalue weighted by Gasteiger charge is 2.28. The number of aryl methyl sites for hydroxylation is 1. The Labute approximate surface area is 202 Å². The lowest BCUT2D eigenvalue weighted by molar-refractivity contribution is -0.120. The molecule has 1 heterocycles. The first-order valence-corrected chi connectivity index (χ1v) is 13.1. The van der Waals surface area contributed by atoms with Crippen molar-refractivity contribution in [3.63, 3.8) is 0 Å². The number of hydrogen-bond donors (Lipinski definition) is 1. The molecule has 0 bridgehead atoms. The van der Waals surface area contributed by atoms with Gasteiger partial charge in [0.25, 0.3) is 0 Å². The predicted octanol–water partition coefficient (Wildman–Crippen LogP) is 3.33. The maximum Gasteiger partial charge on any atom is 0.243 e. The average molecular weight is 478 g/mol. The van der Waals surface area contributed by atoms with Crippen LogP contribution in [0.15, 0.2) is 83.8 Å². The second kappa shape index (κ2) is 11.0. The minimum atomic E-state index is -3.45. The summed E-state index contributed by atoms with van der Waals surface area (Å²) in [5.41, 5.74) is 4.31. The van der Waals surface area contributed by atoms with Gasteiger partial charge in [-0.15, -0.1) is 0 Å². The summed E-state index contributed by atoms with van der Waals surface area (Å²) in [7, 11) is -3.45. The number of carbonyl (C=O) groups excluding carboxylic acids is 1. The van der Waals surface area contributed by atoms with E-state index in [9.17, 15) is 13.2 Å². The fourth-order valence-corrected chi connectivity index (χ4v) is 5.52. The van der Waals surface area contributed by atoms with Gasteiger partial charge < -0.3 is 5.32 Å². The van der Waals surface area contributed by atoms with Gasteiger partial charge in [-0.25, -0.2) is 8.42 Å². The Hall–Kier alpha value is -3.00. The Bertz CT molecular complexity index is 1190. The molecule has 1 fully saturated rings. The number of nitrogens with one attached hydrogen (secondary N) is 1. The summed E-state index contributed by atoms with van der Waals surface area (Å²) in [6.45, 7) is 5.41. The van der Waals surface area contributed by atoms with Gasteiger partial charge >= 0.3 is 0 Å². The highest BCUT2D eigenvalue weighted by molar-refractivity contribution is 7.89. The van der Waals surface area contributed by atoms with E-state index in [-0.39, 0.29) is 5.91 Å². The van der Waals surface area contributed by atoms with E-state index in [0.29, 0.717) is 50.6 Å². The Morgan fingerprint density at radius 3 is 2.09 bits per heavy atom. The summed E-state index contributed by atoms with van der Waals surface area (Å²) in [4.78, 5) is 14.9. The number of nitrogens with zero attached hydrogens (tertiary/aromatic N) is 2. The molecule has 0 unspecified atom stereocenters. The molecule has 1 N–H and O–H groups in total. The molecule has 6 nitrogen and oxygen atoms in total. The van der Waals surface area contributed by atoms with Crippen LogP contribution in [0.25, 0.3) is 11.1 Å². The summed E-state index contributed by atoms with van der Waals surface area (Å²) in [5.74, 6) is -0.00644. The number of hydrogen-bond acceptors (Lipinski definition) is 4. The summed E-state index contributed by atoms with van der Waals surface area (Å²) in [6, 6.07) is 25.2. The van der Waals surface area contributed by atoms with E-state index in [4.69, 9.17) is 0 Å². The molecule has 0 aliphatic carbocycles. The van der Waals surface area contributed by atoms with E-state index in [2.05, 4.69) is 22.3 Å². The van der Waals surface area contributed by atoms with E-state index >= 15 is 0 Å². The molecule has 0 saturated carbocycles. The first-order valence-electron chi connectivity index (χ1n) is 11.6. The highest BCUT2D eigenvalue weighted by atomic mass is 32.2. The second-order valence-corrected chi connectivity index (χ2v) is 10.6. The van der Waals surface area contributed by atoms with Gasteiger partial charge in [0.05, 0.1) is 11.3 Å². The Morgan fingerprint density at radius 1 is 0.824 bits per heavy atom. The molecule has 3 aromatic rings. The van der Waals surface area contributed by atoms with Gasteiger partial charge in [0.1, 0.15) is 0 Å². The molecule has 7 heteroatoms. The third-order valence-corrected chi connectivity index (χ3v) is 8.08. The van der Waals surface area contributed by atoms with E-state index in [1.54, 1.807) is 16.4 Å². The third-order valence-electron chi connectivity index (χ3n) is 6.17. The lowest BCUT2D eigenvalue weighted by Crippen LogP contribution is -2.50. The normalized spacial score (nSPS) is 15.2. The van der Waals surface area contributed by atoms with E-state index in [1.807, 2.05) is 61.5 Å². The maximum atomic E-state index is 12.8. The Balaban J connectivity index is 1.19. The van der Waals surface area contributed by atoms with Crippen LogP contribution in [0, 0.1) is 6.92 Å². The van der Waals surface area contributed by atoms with Gasteiger partial charge in [0.2, 0.25) is 15.9 Å². The molecular formula is C27H31N3O3S. The van der Waals surface area contributed by atoms with Crippen molar-refractivity contribution in [1.29, 1.82) is 0 Å². The Morgan fingerprint density at radius 2 is 1.44 bits per heavy atom. The summed E-state index contributed by atoms with van der Waals surface area (Å²) < 4.78 is 27.2. The molecular weight excluding hydrogens is 446 g/mol. The zero-order valence-corrected chi connectivity index (χ0v) is 20.3. The second-order valence-electron chi connectivity index (χ2n) is 8.65. The minimum Gasteiger partial charge on any atom is -0.355 e. The van der Waals surface area contributed by atoms with E-state index < -0.39 is 10.0 Å². The fraction of sp³-hybridized carbons (Fsp3) is 0.296. The van der Waals surface area contributed by atoms with Gasteiger partial charge in [0, 0.05) is 39.3 Å². The van der Waals surface area contributed by atoms with Gasteiger partial charge in [-0.05, 0) is 35.7 Å². The zero-order chi connectivity index (χ0) is 24.0. The summed E-state index contributed by atoms with van der Waals surface area (Å²) in [6.07, 6.45) is 0.345. The number of carbonyl (C=O) groups is 1. The molecule has 3 aromatic carbocycles. The SMILES string of the molecule is Cc1ccc(S(=O)(=O)N2CCN(CCNC(=O)Cc3ccc(-c4ccccc4)cc3)CC2)cc1. The number of piperazine rings is 1. The van der Waals surface area contributed by atoms with Crippen LogP contribution in [0.5, 0.6) is 0 Å². The fourth-order valence-electron chi connectivity index (χ4n) is 4.10. The zero-order valence-electron chi connectivity index (χ0n) is 19.5. The van der Waals surface area contributed by atoms with Crippen molar-refractivity contribution in [2.24, 2.45) is 0 Å². The molecule has 4 rings (SSSR count). The standard InChI is InChI=1S/C27H31N3O3S/c1-22-7-13-26(14-8-22)34(32,33)30-19-17-29(18-20-30)16-15-28-27(31)21-23-9-11-25(12-10-23)24-5-3-2-4-6-24/h2-14H,15-21H2,1H3,(H,28,31). The van der Waals surface area contributed by atoms with Crippen LogP contribution in [0.1, 0.15) is 11.1 Å². The molecule has 0 atom stereocenters. The largest absolute Gasteiger partial charge is 0.355 e. The molecule has 0 spiro atoms. The summed E-state index contributed by atoms with van der Waals surface area (Å²) >= 11 is 0. The molecule has 1 aliphatic rings. The van der Waals surface area contributed by atoms with E-state index in [0.717, 1.165) is 22.3 Å². The molecule has 1 saturated heterocycles. The first-order chi connectivity index (χ1) is 16.4. The lowest BCUT2D eigenvalue weighted by Gasteiger charge is -2.34. The van der Waals surface area contributed by atoms with Crippen LogP contribution in [-0.2, 0) is 21.2 Å². The smallest absolute Gasteiger partial charge is 0.243 e. The maximum absolute atomic E-state index is 12.8. The summed E-state index contributed by atoms with van der Waals surface area (Å²) in [5, 5.41) is 2.98. The highest BCUT2D eigenvalue weighted by Crippen LogP contribution is 2.20. The molecule has 178 valence electrons. The van der Waals surface area contributed by atoms with Crippen LogP contribution >= 0.6 is 0 Å². The average Bonchev–Trinajstić information content (AvgIpc) is 2.86. The number of sulfonamides is 1. The van der Waals surface area contributed by atoms with Crippen LogP contribution in [-0.4, -0.2) is 62.8 Å². The van der Waals surface area contributed by atoms with E-state index in [1.165, 1.54) is 0 Å². The molecule has 1 amide bonds. The van der Waals surface area contributed by atoms with Crippen molar-refractivity contribution in [3.05, 3.63) is 90.0 Å². The van der Waals surface area contributed by atoms with Crippen LogP contribution < -0.4 is 5.32 Å². The first kappa shape index (κ1) is 24.1. The van der Waals surface area contributed by atoms with Gasteiger partial charge in [-0.1, -0.05) is 72.3 Å². The molecule has 1 aliphatic heterocycles. The van der Waals surface area contributed by atoms with Crippen LogP contribution in [0.4, 0.5) is 0 Å². The van der Waals surface area contributed by atoms with Crippen molar-refractivity contribution >= 4 is 15.9 Å². The predicted molar refractivity (Wildman–Crippen MR) is 135 cm³/mol. The van der Waals surface area contributed by atoms with Gasteiger partial charge in [-0.3, -0.25) is 9.69 Å². The van der Waals surface area contributed by atoms with Crippen molar-refractivity contribution < 1.29 is 13.2 Å². The topological polar surface area (TPSA) is 69.7 Å². The van der Waals surface area contributed by atoms with Crippen LogP contribution in [0.3, 0.4) is 0 Å². The molecule has 34 heavy (non-hydrogen) atoms. The monoisotopic (exact) mass is 477 g/mol. The van der Waals surface area contributed by atoms with Crippen molar-refractivity contribution in [2.45, 2.75) is 18.2 Å². The number of benzene rings is 3. The third kappa shape index (κ3) is 6.11. The number of amides is 1. The lowest BCUT2D eigenvalue weighted by atomic mass is 10.0. The van der Waals surface area contributed by atoms with Crippen molar-refractivity contribution in [2.75, 3.05) is 39.3 Å². The van der Waals surface area contributed by atoms with Crippen LogP contribution in [0.2, 0.25) is 0 Å². The van der Waals surface area contributed by atoms with Crippen molar-refractivity contribution in [1.82, 2.24) is 14.5 Å². The number of rotatable bonds is 8. The minimum absolute atomic E-state index is 0.00644.